The maximum absolute atomic E-state index is 11.9. The molecule has 3 N–H and O–H groups in total. The average Bonchev–Trinajstić information content (AvgIpc) is 2.35. The lowest BCUT2D eigenvalue weighted by Crippen LogP contribution is -2.36. The molecule has 108 valence electrons. The first-order valence-electron chi connectivity index (χ1n) is 5.39. The molecule has 0 saturated heterocycles. The van der Waals surface area contributed by atoms with Crippen molar-refractivity contribution in [1.82, 2.24) is 5.32 Å². The Bertz CT molecular complexity index is 510. The number of alkyl halides is 3. The summed E-state index contributed by atoms with van der Waals surface area (Å²) in [4.78, 5) is 21.4. The smallest absolute Gasteiger partial charge is 0.405 e. The van der Waals surface area contributed by atoms with E-state index < -0.39 is 24.7 Å². The van der Waals surface area contributed by atoms with Crippen molar-refractivity contribution >= 4 is 23.8 Å². The minimum atomic E-state index is -4.47. The van der Waals surface area contributed by atoms with Crippen LogP contribution < -0.4 is 10.6 Å². The number of carbonyl (C=O) groups is 2. The van der Waals surface area contributed by atoms with Crippen molar-refractivity contribution in [2.45, 2.75) is 6.18 Å². The van der Waals surface area contributed by atoms with E-state index in [4.69, 9.17) is 5.11 Å². The predicted octanol–water partition coefficient (Wildman–Crippen LogP) is 2.47. The Morgan fingerprint density at radius 2 is 1.80 bits per heavy atom. The molecule has 0 aliphatic rings. The Morgan fingerprint density at radius 1 is 1.20 bits per heavy atom. The van der Waals surface area contributed by atoms with E-state index in [2.05, 4.69) is 5.32 Å². The number of hydrogen-bond donors (Lipinski definition) is 3. The van der Waals surface area contributed by atoms with Gasteiger partial charge >= 0.3 is 18.2 Å². The summed E-state index contributed by atoms with van der Waals surface area (Å²) in [7, 11) is 0. The molecule has 2 amide bonds. The monoisotopic (exact) mass is 288 g/mol. The lowest BCUT2D eigenvalue weighted by molar-refractivity contribution is -0.131. The van der Waals surface area contributed by atoms with Crippen LogP contribution in [0.3, 0.4) is 0 Å². The number of carboxylic acids is 1. The molecule has 0 unspecified atom stereocenters. The molecule has 0 atom stereocenters. The molecule has 8 heteroatoms. The molecule has 20 heavy (non-hydrogen) atoms. The highest BCUT2D eigenvalue weighted by atomic mass is 19.4. The highest BCUT2D eigenvalue weighted by Crippen LogP contribution is 2.13. The molecular formula is C12H11F3N2O3. The van der Waals surface area contributed by atoms with Crippen LogP contribution in [-0.4, -0.2) is 29.8 Å². The molecule has 1 rings (SSSR count). The van der Waals surface area contributed by atoms with Crippen LogP contribution >= 0.6 is 0 Å². The van der Waals surface area contributed by atoms with Gasteiger partial charge in [-0.2, -0.15) is 13.2 Å². The maximum Gasteiger partial charge on any atom is 0.405 e. The van der Waals surface area contributed by atoms with Crippen LogP contribution in [0, 0.1) is 0 Å². The van der Waals surface area contributed by atoms with Gasteiger partial charge in [0.1, 0.15) is 6.54 Å². The third-order valence-electron chi connectivity index (χ3n) is 2.04. The fourth-order valence-corrected chi connectivity index (χ4v) is 1.20. The fourth-order valence-electron chi connectivity index (χ4n) is 1.20. The number of aliphatic carboxylic acids is 1. The van der Waals surface area contributed by atoms with Crippen molar-refractivity contribution in [3.05, 3.63) is 35.9 Å². The van der Waals surface area contributed by atoms with Crippen molar-refractivity contribution < 1.29 is 27.9 Å². The number of benzene rings is 1. The first-order valence-corrected chi connectivity index (χ1v) is 5.39. The summed E-state index contributed by atoms with van der Waals surface area (Å²) < 4.78 is 35.6. The molecular weight excluding hydrogens is 277 g/mol. The molecule has 1 aromatic rings. The summed E-state index contributed by atoms with van der Waals surface area (Å²) in [6.07, 6.45) is -2.18. The zero-order chi connectivity index (χ0) is 15.2. The maximum atomic E-state index is 11.9. The van der Waals surface area contributed by atoms with Crippen LogP contribution in [-0.2, 0) is 4.79 Å². The largest absolute Gasteiger partial charge is 0.478 e. The van der Waals surface area contributed by atoms with Gasteiger partial charge in [0.2, 0.25) is 0 Å². The highest BCUT2D eigenvalue weighted by molar-refractivity contribution is 5.89. The number of rotatable bonds is 4. The first-order chi connectivity index (χ1) is 9.26. The van der Waals surface area contributed by atoms with Gasteiger partial charge in [0, 0.05) is 11.8 Å². The zero-order valence-electron chi connectivity index (χ0n) is 10.1. The van der Waals surface area contributed by atoms with Crippen molar-refractivity contribution in [2.24, 2.45) is 0 Å². The second-order valence-electron chi connectivity index (χ2n) is 3.72. The summed E-state index contributed by atoms with van der Waals surface area (Å²) in [5.74, 6) is -1.10. The molecule has 0 radical (unpaired) electrons. The molecule has 5 nitrogen and oxygen atoms in total. The third kappa shape index (κ3) is 6.43. The molecule has 0 heterocycles. The Morgan fingerprint density at radius 3 is 2.30 bits per heavy atom. The Labute approximate surface area is 112 Å². The minimum Gasteiger partial charge on any atom is -0.478 e. The van der Waals surface area contributed by atoms with Crippen LogP contribution in [0.5, 0.6) is 0 Å². The number of carboxylic acid groups (broad SMARTS) is 1. The number of amides is 2. The van der Waals surface area contributed by atoms with E-state index in [1.807, 2.05) is 0 Å². The van der Waals surface area contributed by atoms with Gasteiger partial charge in [-0.1, -0.05) is 12.1 Å². The molecule has 0 spiro atoms. The summed E-state index contributed by atoms with van der Waals surface area (Å²) >= 11 is 0. The number of anilines is 1. The second-order valence-corrected chi connectivity index (χ2v) is 3.72. The summed E-state index contributed by atoms with van der Waals surface area (Å²) in [5.41, 5.74) is 0.866. The van der Waals surface area contributed by atoms with Crippen molar-refractivity contribution in [1.29, 1.82) is 0 Å². The van der Waals surface area contributed by atoms with Gasteiger partial charge in [0.25, 0.3) is 0 Å². The predicted molar refractivity (Wildman–Crippen MR) is 66.2 cm³/mol. The van der Waals surface area contributed by atoms with Crippen molar-refractivity contribution in [3.63, 3.8) is 0 Å². The minimum absolute atomic E-state index is 0.289. The highest BCUT2D eigenvalue weighted by Gasteiger charge is 2.27. The number of halogens is 3. The second kappa shape index (κ2) is 6.60. The summed E-state index contributed by atoms with van der Waals surface area (Å²) in [6.45, 7) is -1.42. The van der Waals surface area contributed by atoms with Crippen LogP contribution in [0.4, 0.5) is 23.7 Å². The van der Waals surface area contributed by atoms with Gasteiger partial charge in [0.05, 0.1) is 0 Å². The van der Waals surface area contributed by atoms with Gasteiger partial charge in [-0.25, -0.2) is 9.59 Å². The Balaban J connectivity index is 2.53. The third-order valence-corrected chi connectivity index (χ3v) is 2.04. The van der Waals surface area contributed by atoms with Crippen LogP contribution in [0.1, 0.15) is 5.56 Å². The molecule has 0 bridgehead atoms. The zero-order valence-corrected chi connectivity index (χ0v) is 10.1. The van der Waals surface area contributed by atoms with Gasteiger partial charge < -0.3 is 15.7 Å². The van der Waals surface area contributed by atoms with E-state index >= 15 is 0 Å². The topological polar surface area (TPSA) is 78.4 Å². The van der Waals surface area contributed by atoms with Gasteiger partial charge in [-0.3, -0.25) is 0 Å². The summed E-state index contributed by atoms with van der Waals surface area (Å²) in [5, 5.41) is 12.3. The van der Waals surface area contributed by atoms with E-state index in [1.165, 1.54) is 30.3 Å². The van der Waals surface area contributed by atoms with E-state index in [-0.39, 0.29) is 5.69 Å². The van der Waals surface area contributed by atoms with Crippen LogP contribution in [0.25, 0.3) is 6.08 Å². The Hall–Kier alpha value is -2.51. The Kier molecular flexibility index (Phi) is 5.13. The number of nitrogens with one attached hydrogen (secondary N) is 2. The molecule has 1 aromatic carbocycles. The van der Waals surface area contributed by atoms with Crippen molar-refractivity contribution in [3.8, 4) is 0 Å². The quantitative estimate of drug-likeness (QED) is 0.745. The van der Waals surface area contributed by atoms with Crippen LogP contribution in [0.15, 0.2) is 30.3 Å². The molecule has 0 aliphatic carbocycles. The normalized spacial score (nSPS) is 11.3. The molecule has 0 aromatic heterocycles. The van der Waals surface area contributed by atoms with Crippen molar-refractivity contribution in [2.75, 3.05) is 11.9 Å². The number of carbonyl (C=O) groups excluding carboxylic acids is 1. The van der Waals surface area contributed by atoms with Crippen LogP contribution in [0.2, 0.25) is 0 Å². The summed E-state index contributed by atoms with van der Waals surface area (Å²) in [6, 6.07) is 4.93. The lowest BCUT2D eigenvalue weighted by atomic mass is 10.2. The number of hydrogen-bond acceptors (Lipinski definition) is 2. The van der Waals surface area contributed by atoms with E-state index in [9.17, 15) is 22.8 Å². The SMILES string of the molecule is O=C(O)C=Cc1ccc(NC(=O)NCC(F)(F)F)cc1. The van der Waals surface area contributed by atoms with E-state index in [0.29, 0.717) is 5.56 Å². The van der Waals surface area contributed by atoms with E-state index in [1.54, 1.807) is 5.32 Å². The molecule has 0 fully saturated rings. The lowest BCUT2D eigenvalue weighted by Gasteiger charge is -2.09. The number of urea groups is 1. The van der Waals surface area contributed by atoms with Gasteiger partial charge in [0.15, 0.2) is 0 Å². The molecule has 0 saturated carbocycles. The first kappa shape index (κ1) is 15.5. The van der Waals surface area contributed by atoms with E-state index in [0.717, 1.165) is 6.08 Å². The standard InChI is InChI=1S/C12H11F3N2O3/c13-12(14,15)7-16-11(20)17-9-4-1-8(2-5-9)3-6-10(18)19/h1-6H,7H2,(H,18,19)(H2,16,17,20). The van der Waals surface area contributed by atoms with Gasteiger partial charge in [-0.15, -0.1) is 0 Å². The van der Waals surface area contributed by atoms with Gasteiger partial charge in [-0.05, 0) is 23.8 Å². The fraction of sp³-hybridized carbons (Fsp3) is 0.167. The molecule has 0 aliphatic heterocycles. The average molecular weight is 288 g/mol.